The molecular weight excluding hydrogens is 352 g/mol. The zero-order valence-corrected chi connectivity index (χ0v) is 16.5. The van der Waals surface area contributed by atoms with Crippen LogP contribution >= 0.6 is 0 Å². The maximum Gasteiger partial charge on any atom is 0.265 e. The average Bonchev–Trinajstić information content (AvgIpc) is 3.02. The molecule has 0 unspecified atom stereocenters. The fraction of sp³-hybridized carbons (Fsp3) is 0.318. The number of pyridine rings is 1. The minimum Gasteiger partial charge on any atom is -0.364 e. The molecule has 0 atom stereocenters. The molecule has 6 heteroatoms. The normalized spacial score (nSPS) is 13.6. The summed E-state index contributed by atoms with van der Waals surface area (Å²) in [5, 5.41) is 0.894. The fourth-order valence-electron chi connectivity index (χ4n) is 4.03. The number of rotatable bonds is 3. The van der Waals surface area contributed by atoms with Crippen molar-refractivity contribution in [3.63, 3.8) is 0 Å². The molecule has 4 rings (SSSR count). The highest BCUT2D eigenvalue weighted by Gasteiger charge is 2.27. The molecule has 28 heavy (non-hydrogen) atoms. The van der Waals surface area contributed by atoms with Crippen LogP contribution in [-0.4, -0.2) is 32.8 Å². The van der Waals surface area contributed by atoms with Gasteiger partial charge in [-0.25, -0.2) is 0 Å². The molecule has 3 heterocycles. The first kappa shape index (κ1) is 18.2. The summed E-state index contributed by atoms with van der Waals surface area (Å²) < 4.78 is 1.81. The van der Waals surface area contributed by atoms with E-state index in [2.05, 4.69) is 24.0 Å². The number of carbonyl (C=O) groups excluding carboxylic acids is 2. The SMILES string of the molecule is CCc1ccc2nc(C)cc(C(=O)N3CCc4cc(C(N)=O)n(C)c4C3)c2c1. The summed E-state index contributed by atoms with van der Waals surface area (Å²) in [4.78, 5) is 31.5. The lowest BCUT2D eigenvalue weighted by molar-refractivity contribution is 0.0732. The second-order valence-corrected chi connectivity index (χ2v) is 7.42. The van der Waals surface area contributed by atoms with E-state index in [9.17, 15) is 9.59 Å². The number of hydrogen-bond donors (Lipinski definition) is 1. The van der Waals surface area contributed by atoms with E-state index >= 15 is 0 Å². The maximum atomic E-state index is 13.4. The number of aryl methyl sites for hydroxylation is 2. The van der Waals surface area contributed by atoms with E-state index in [0.717, 1.165) is 34.3 Å². The van der Waals surface area contributed by atoms with Gasteiger partial charge < -0.3 is 15.2 Å². The van der Waals surface area contributed by atoms with Crippen LogP contribution < -0.4 is 5.73 Å². The van der Waals surface area contributed by atoms with Crippen LogP contribution in [0, 0.1) is 6.92 Å². The summed E-state index contributed by atoms with van der Waals surface area (Å²) in [6, 6.07) is 9.84. The van der Waals surface area contributed by atoms with Gasteiger partial charge in [0.15, 0.2) is 0 Å². The maximum absolute atomic E-state index is 13.4. The van der Waals surface area contributed by atoms with Crippen molar-refractivity contribution in [3.05, 3.63) is 64.1 Å². The van der Waals surface area contributed by atoms with E-state index in [0.29, 0.717) is 30.8 Å². The molecule has 2 amide bonds. The van der Waals surface area contributed by atoms with E-state index in [-0.39, 0.29) is 5.91 Å². The van der Waals surface area contributed by atoms with E-state index in [4.69, 9.17) is 5.73 Å². The van der Waals surface area contributed by atoms with Crippen molar-refractivity contribution < 1.29 is 9.59 Å². The van der Waals surface area contributed by atoms with Gasteiger partial charge in [-0.2, -0.15) is 0 Å². The zero-order chi connectivity index (χ0) is 20.0. The molecule has 0 spiro atoms. The molecule has 2 aromatic heterocycles. The predicted octanol–water partition coefficient (Wildman–Crippen LogP) is 2.74. The molecule has 3 aromatic rings. The fourth-order valence-corrected chi connectivity index (χ4v) is 4.03. The predicted molar refractivity (Wildman–Crippen MR) is 108 cm³/mol. The molecule has 144 valence electrons. The van der Waals surface area contributed by atoms with Crippen LogP contribution in [0.5, 0.6) is 0 Å². The number of carbonyl (C=O) groups is 2. The highest BCUT2D eigenvalue weighted by atomic mass is 16.2. The molecule has 1 aliphatic rings. The Hall–Kier alpha value is -3.15. The Labute approximate surface area is 164 Å². The zero-order valence-electron chi connectivity index (χ0n) is 16.5. The summed E-state index contributed by atoms with van der Waals surface area (Å²) in [6.45, 7) is 5.09. The Bertz CT molecular complexity index is 1110. The summed E-state index contributed by atoms with van der Waals surface area (Å²) in [5.74, 6) is -0.450. The topological polar surface area (TPSA) is 81.2 Å². The van der Waals surface area contributed by atoms with Crippen molar-refractivity contribution in [3.8, 4) is 0 Å². The third-order valence-electron chi connectivity index (χ3n) is 5.62. The van der Waals surface area contributed by atoms with Gasteiger partial charge in [0.1, 0.15) is 5.69 Å². The monoisotopic (exact) mass is 376 g/mol. The molecule has 1 aromatic carbocycles. The average molecular weight is 376 g/mol. The van der Waals surface area contributed by atoms with Crippen LogP contribution in [0.2, 0.25) is 0 Å². The number of benzene rings is 1. The molecule has 2 N–H and O–H groups in total. The lowest BCUT2D eigenvalue weighted by atomic mass is 10.0. The lowest BCUT2D eigenvalue weighted by Gasteiger charge is -2.28. The second kappa shape index (κ2) is 6.78. The highest BCUT2D eigenvalue weighted by Crippen LogP contribution is 2.26. The van der Waals surface area contributed by atoms with Gasteiger partial charge in [-0.1, -0.05) is 13.0 Å². The van der Waals surface area contributed by atoms with Gasteiger partial charge in [-0.3, -0.25) is 14.6 Å². The standard InChI is InChI=1S/C22H24N4O2/c1-4-14-5-6-18-16(10-14)17(9-13(2)24-18)22(28)26-8-7-15-11-19(21(23)27)25(3)20(15)12-26/h5-6,9-11H,4,7-8,12H2,1-3H3,(H2,23,27). The minimum absolute atomic E-state index is 0.00349. The van der Waals surface area contributed by atoms with Crippen LogP contribution in [0.3, 0.4) is 0 Å². The van der Waals surface area contributed by atoms with E-state index in [1.54, 1.807) is 0 Å². The van der Waals surface area contributed by atoms with Crippen LogP contribution in [0.1, 0.15) is 50.3 Å². The van der Waals surface area contributed by atoms with Gasteiger partial charge in [-0.15, -0.1) is 0 Å². The van der Waals surface area contributed by atoms with E-state index in [1.807, 2.05) is 41.6 Å². The summed E-state index contributed by atoms with van der Waals surface area (Å²) in [5.41, 5.74) is 11.5. The quantitative estimate of drug-likeness (QED) is 0.763. The molecule has 0 bridgehead atoms. The molecule has 0 saturated heterocycles. The number of amides is 2. The third-order valence-corrected chi connectivity index (χ3v) is 5.62. The summed E-state index contributed by atoms with van der Waals surface area (Å²) in [7, 11) is 1.83. The summed E-state index contributed by atoms with van der Waals surface area (Å²) >= 11 is 0. The number of primary amides is 1. The van der Waals surface area contributed by atoms with Crippen molar-refractivity contribution in [2.24, 2.45) is 12.8 Å². The number of aromatic nitrogens is 2. The molecule has 6 nitrogen and oxygen atoms in total. The molecule has 0 radical (unpaired) electrons. The van der Waals surface area contributed by atoms with Gasteiger partial charge in [0, 0.05) is 30.4 Å². The van der Waals surface area contributed by atoms with Crippen LogP contribution in [0.25, 0.3) is 10.9 Å². The van der Waals surface area contributed by atoms with Crippen LogP contribution in [0.15, 0.2) is 30.3 Å². The van der Waals surface area contributed by atoms with Gasteiger partial charge >= 0.3 is 0 Å². The number of fused-ring (bicyclic) bond motifs is 2. The first-order valence-corrected chi connectivity index (χ1v) is 9.56. The Balaban J connectivity index is 1.74. The molecule has 0 fully saturated rings. The van der Waals surface area contributed by atoms with Gasteiger partial charge in [-0.05, 0) is 55.2 Å². The molecule has 1 aliphatic heterocycles. The van der Waals surface area contributed by atoms with E-state index < -0.39 is 5.91 Å². The molecular formula is C22H24N4O2. The first-order valence-electron chi connectivity index (χ1n) is 9.56. The number of nitrogens with zero attached hydrogens (tertiary/aromatic N) is 3. The Morgan fingerprint density at radius 1 is 1.21 bits per heavy atom. The van der Waals surface area contributed by atoms with E-state index in [1.165, 1.54) is 5.56 Å². The van der Waals surface area contributed by atoms with Crippen molar-refractivity contribution in [2.75, 3.05) is 6.54 Å². The van der Waals surface area contributed by atoms with Crippen LogP contribution in [-0.2, 0) is 26.4 Å². The first-order chi connectivity index (χ1) is 13.4. The third kappa shape index (κ3) is 2.95. The van der Waals surface area contributed by atoms with Gasteiger partial charge in [0.05, 0.1) is 17.6 Å². The lowest BCUT2D eigenvalue weighted by Crippen LogP contribution is -2.36. The smallest absolute Gasteiger partial charge is 0.265 e. The highest BCUT2D eigenvalue weighted by molar-refractivity contribution is 6.06. The Kier molecular flexibility index (Phi) is 4.41. The van der Waals surface area contributed by atoms with Gasteiger partial charge in [0.2, 0.25) is 0 Å². The largest absolute Gasteiger partial charge is 0.364 e. The Morgan fingerprint density at radius 2 is 2.00 bits per heavy atom. The van der Waals surface area contributed by atoms with Crippen molar-refractivity contribution in [2.45, 2.75) is 33.2 Å². The van der Waals surface area contributed by atoms with Crippen LogP contribution in [0.4, 0.5) is 0 Å². The second-order valence-electron chi connectivity index (χ2n) is 7.42. The van der Waals surface area contributed by atoms with Crippen molar-refractivity contribution in [1.82, 2.24) is 14.5 Å². The van der Waals surface area contributed by atoms with Crippen molar-refractivity contribution >= 4 is 22.7 Å². The molecule has 0 aliphatic carbocycles. The van der Waals surface area contributed by atoms with Crippen molar-refractivity contribution in [1.29, 1.82) is 0 Å². The summed E-state index contributed by atoms with van der Waals surface area (Å²) in [6.07, 6.45) is 1.62. The van der Waals surface area contributed by atoms with Gasteiger partial charge in [0.25, 0.3) is 11.8 Å². The minimum atomic E-state index is -0.447. The number of nitrogens with two attached hydrogens (primary N) is 1. The number of hydrogen-bond acceptors (Lipinski definition) is 3. The Morgan fingerprint density at radius 3 is 2.71 bits per heavy atom. The molecule has 0 saturated carbocycles.